The lowest BCUT2D eigenvalue weighted by atomic mass is 9.92. The Morgan fingerprint density at radius 1 is 0.771 bits per heavy atom. The molecule has 0 aromatic heterocycles. The Labute approximate surface area is 205 Å². The highest BCUT2D eigenvalue weighted by atomic mass is 16.7. The molecule has 0 radical (unpaired) electrons. The van der Waals surface area contributed by atoms with Crippen LogP contribution in [0.25, 0.3) is 0 Å². The quantitative estimate of drug-likeness (QED) is 0.119. The molecule has 2 fully saturated rings. The fourth-order valence-electron chi connectivity index (χ4n) is 4.29. The van der Waals surface area contributed by atoms with Crippen LogP contribution in [-0.4, -0.2) is 123 Å². The van der Waals surface area contributed by atoms with Crippen molar-refractivity contribution in [1.29, 1.82) is 0 Å². The Morgan fingerprint density at radius 3 is 2.06 bits per heavy atom. The number of aliphatic hydroxyl groups excluding tert-OH is 7. The highest BCUT2D eigenvalue weighted by molar-refractivity contribution is 5.75. The number of carbonyl (C=O) groups excluding carboxylic acids is 1. The van der Waals surface area contributed by atoms with Crippen LogP contribution < -0.4 is 5.32 Å². The standard InChI is InChI=1S/C23H43NO11/c1-2-3-4-5-6-7-10-24-16(26)9-8-13-17(27)20(30)19(29)15(34-13)12-33-23-22(32)21(31)18(28)14(11-25)35-23/h13-15,17-23,25,27-32H,2-12H2,1H3,(H,24,26)/t13-,14-,15-,17+,18-,19+,20-,21+,22-,23-/m1/s1. The zero-order valence-corrected chi connectivity index (χ0v) is 20.3. The number of unbranched alkanes of at least 4 members (excludes halogenated alkanes) is 5. The molecular formula is C23H43NO11. The Morgan fingerprint density at radius 2 is 1.37 bits per heavy atom. The van der Waals surface area contributed by atoms with Gasteiger partial charge in [-0.3, -0.25) is 4.79 Å². The van der Waals surface area contributed by atoms with Gasteiger partial charge < -0.3 is 55.3 Å². The highest BCUT2D eigenvalue weighted by Crippen LogP contribution is 2.27. The van der Waals surface area contributed by atoms with Gasteiger partial charge in [-0.15, -0.1) is 0 Å². The van der Waals surface area contributed by atoms with E-state index in [0.29, 0.717) is 6.54 Å². The second-order valence-electron chi connectivity index (χ2n) is 9.37. The van der Waals surface area contributed by atoms with Crippen molar-refractivity contribution in [2.24, 2.45) is 0 Å². The lowest BCUT2D eigenvalue weighted by Crippen LogP contribution is -2.61. The predicted octanol–water partition coefficient (Wildman–Crippen LogP) is -2.09. The average molecular weight is 510 g/mol. The van der Waals surface area contributed by atoms with E-state index in [4.69, 9.17) is 14.2 Å². The van der Waals surface area contributed by atoms with E-state index in [1.165, 1.54) is 19.3 Å². The van der Waals surface area contributed by atoms with Crippen molar-refractivity contribution in [2.75, 3.05) is 19.8 Å². The number of hydrogen-bond acceptors (Lipinski definition) is 11. The third-order valence-electron chi connectivity index (χ3n) is 6.59. The number of amides is 1. The fourth-order valence-corrected chi connectivity index (χ4v) is 4.29. The van der Waals surface area contributed by atoms with Crippen LogP contribution in [0.15, 0.2) is 0 Å². The Bertz CT molecular complexity index is 610. The van der Waals surface area contributed by atoms with Gasteiger partial charge in [0.2, 0.25) is 5.91 Å². The average Bonchev–Trinajstić information content (AvgIpc) is 2.85. The largest absolute Gasteiger partial charge is 0.394 e. The minimum Gasteiger partial charge on any atom is -0.394 e. The lowest BCUT2D eigenvalue weighted by molar-refractivity contribution is -0.314. The molecular weight excluding hydrogens is 466 g/mol. The van der Waals surface area contributed by atoms with E-state index in [2.05, 4.69) is 12.2 Å². The number of nitrogens with one attached hydrogen (secondary N) is 1. The monoisotopic (exact) mass is 509 g/mol. The van der Waals surface area contributed by atoms with Gasteiger partial charge >= 0.3 is 0 Å². The predicted molar refractivity (Wildman–Crippen MR) is 122 cm³/mol. The fraction of sp³-hybridized carbons (Fsp3) is 0.957. The first-order valence-electron chi connectivity index (χ1n) is 12.6. The number of aliphatic hydroxyl groups is 7. The van der Waals surface area contributed by atoms with Crippen LogP contribution in [0.5, 0.6) is 0 Å². The van der Waals surface area contributed by atoms with Gasteiger partial charge in [-0.25, -0.2) is 0 Å². The smallest absolute Gasteiger partial charge is 0.220 e. The molecule has 0 aromatic carbocycles. The summed E-state index contributed by atoms with van der Waals surface area (Å²) in [6.07, 6.45) is -7.14. The summed E-state index contributed by atoms with van der Waals surface area (Å²) >= 11 is 0. The first kappa shape index (κ1) is 30.3. The molecule has 0 aliphatic carbocycles. The van der Waals surface area contributed by atoms with Crippen molar-refractivity contribution < 1.29 is 54.8 Å². The molecule has 2 rings (SSSR count). The molecule has 206 valence electrons. The van der Waals surface area contributed by atoms with Gasteiger partial charge in [-0.1, -0.05) is 39.0 Å². The molecule has 12 heteroatoms. The van der Waals surface area contributed by atoms with E-state index in [0.717, 1.165) is 19.3 Å². The number of carbonyl (C=O) groups is 1. The minimum atomic E-state index is -1.63. The second kappa shape index (κ2) is 15.4. The van der Waals surface area contributed by atoms with Gasteiger partial charge in [-0.2, -0.15) is 0 Å². The molecule has 2 heterocycles. The van der Waals surface area contributed by atoms with E-state index >= 15 is 0 Å². The molecule has 0 spiro atoms. The maximum atomic E-state index is 12.1. The maximum absolute atomic E-state index is 12.1. The molecule has 0 bridgehead atoms. The van der Waals surface area contributed by atoms with E-state index in [9.17, 15) is 40.5 Å². The summed E-state index contributed by atoms with van der Waals surface area (Å²) in [5.74, 6) is -0.205. The van der Waals surface area contributed by atoms with E-state index in [1.54, 1.807) is 0 Å². The molecule has 2 aliphatic heterocycles. The third-order valence-corrected chi connectivity index (χ3v) is 6.59. The van der Waals surface area contributed by atoms with Crippen LogP contribution in [0.1, 0.15) is 58.3 Å². The van der Waals surface area contributed by atoms with Crippen molar-refractivity contribution >= 4 is 5.91 Å². The molecule has 0 saturated carbocycles. The van der Waals surface area contributed by atoms with Gasteiger partial charge in [0.05, 0.1) is 19.3 Å². The van der Waals surface area contributed by atoms with Crippen LogP contribution >= 0.6 is 0 Å². The molecule has 2 aliphatic rings. The van der Waals surface area contributed by atoms with E-state index < -0.39 is 74.4 Å². The number of rotatable bonds is 14. The molecule has 8 N–H and O–H groups in total. The van der Waals surface area contributed by atoms with E-state index in [-0.39, 0.29) is 18.7 Å². The zero-order valence-electron chi connectivity index (χ0n) is 20.3. The summed E-state index contributed by atoms with van der Waals surface area (Å²) in [4.78, 5) is 12.1. The summed E-state index contributed by atoms with van der Waals surface area (Å²) in [6, 6.07) is 0. The van der Waals surface area contributed by atoms with Crippen molar-refractivity contribution in [3.05, 3.63) is 0 Å². The molecule has 0 unspecified atom stereocenters. The summed E-state index contributed by atoms with van der Waals surface area (Å²) < 4.78 is 16.3. The third kappa shape index (κ3) is 8.85. The van der Waals surface area contributed by atoms with Gasteiger partial charge in [-0.05, 0) is 12.8 Å². The SMILES string of the molecule is CCCCCCCCNC(=O)CC[C@H]1O[C@H](CO[C@@H]2O[C@H](CO)[C@@H](O)[C@H](O)[C@H]2O)[C@H](O)[C@H](O)[C@H]1O. The van der Waals surface area contributed by atoms with Crippen molar-refractivity contribution in [1.82, 2.24) is 5.32 Å². The normalized spacial score (nSPS) is 37.8. The summed E-state index contributed by atoms with van der Waals surface area (Å²) in [7, 11) is 0. The maximum Gasteiger partial charge on any atom is 0.220 e. The highest BCUT2D eigenvalue weighted by Gasteiger charge is 2.47. The molecule has 1 amide bonds. The van der Waals surface area contributed by atoms with Gasteiger partial charge in [0.15, 0.2) is 6.29 Å². The van der Waals surface area contributed by atoms with Crippen LogP contribution in [-0.2, 0) is 19.0 Å². The van der Waals surface area contributed by atoms with Crippen molar-refractivity contribution in [3.63, 3.8) is 0 Å². The van der Waals surface area contributed by atoms with Crippen molar-refractivity contribution in [2.45, 2.75) is 120 Å². The summed E-state index contributed by atoms with van der Waals surface area (Å²) in [5, 5.41) is 72.7. The Hall–Kier alpha value is -0.930. The first-order valence-corrected chi connectivity index (χ1v) is 12.6. The van der Waals surface area contributed by atoms with Gasteiger partial charge in [0.1, 0.15) is 48.8 Å². The topological polar surface area (TPSA) is 198 Å². The van der Waals surface area contributed by atoms with Crippen LogP contribution in [0.4, 0.5) is 0 Å². The van der Waals surface area contributed by atoms with Crippen LogP contribution in [0.3, 0.4) is 0 Å². The van der Waals surface area contributed by atoms with Gasteiger partial charge in [0, 0.05) is 13.0 Å². The number of hydrogen-bond donors (Lipinski definition) is 8. The van der Waals surface area contributed by atoms with Crippen LogP contribution in [0, 0.1) is 0 Å². The second-order valence-corrected chi connectivity index (χ2v) is 9.37. The lowest BCUT2D eigenvalue weighted by Gasteiger charge is -2.43. The molecule has 12 nitrogen and oxygen atoms in total. The molecule has 10 atom stereocenters. The van der Waals surface area contributed by atoms with E-state index in [1.807, 2.05) is 0 Å². The molecule has 2 saturated heterocycles. The van der Waals surface area contributed by atoms with Crippen molar-refractivity contribution in [3.8, 4) is 0 Å². The Kier molecular flexibility index (Phi) is 13.3. The first-order chi connectivity index (χ1) is 16.7. The minimum absolute atomic E-state index is 0.0562. The van der Waals surface area contributed by atoms with Crippen LogP contribution in [0.2, 0.25) is 0 Å². The Balaban J connectivity index is 1.79. The summed E-state index contributed by atoms with van der Waals surface area (Å²) in [5.41, 5.74) is 0. The van der Waals surface area contributed by atoms with Gasteiger partial charge in [0.25, 0.3) is 0 Å². The molecule has 35 heavy (non-hydrogen) atoms. The number of ether oxygens (including phenoxy) is 3. The zero-order chi connectivity index (χ0) is 26.0. The molecule has 0 aromatic rings. The summed E-state index contributed by atoms with van der Waals surface area (Å²) in [6.45, 7) is 1.70.